The molecule has 1 aromatic carbocycles. The molecule has 0 radical (unpaired) electrons. The molecule has 2 N–H and O–H groups in total. The van der Waals surface area contributed by atoms with Gasteiger partial charge < -0.3 is 15.3 Å². The number of benzene rings is 1. The molecular weight excluding hydrogens is 304 g/mol. The summed E-state index contributed by atoms with van der Waals surface area (Å²) >= 11 is 0. The van der Waals surface area contributed by atoms with E-state index in [9.17, 15) is 9.59 Å². The molecule has 2 amide bonds. The number of carbonyl (C=O) groups excluding carboxylic acids is 1. The van der Waals surface area contributed by atoms with E-state index in [1.54, 1.807) is 6.92 Å². The fourth-order valence-electron chi connectivity index (χ4n) is 3.54. The molecule has 0 bridgehead atoms. The van der Waals surface area contributed by atoms with Gasteiger partial charge in [-0.05, 0) is 61.3 Å². The van der Waals surface area contributed by atoms with Gasteiger partial charge in [-0.25, -0.2) is 4.79 Å². The number of nitrogens with zero attached hydrogens (tertiary/aromatic N) is 1. The van der Waals surface area contributed by atoms with Crippen molar-refractivity contribution in [2.75, 3.05) is 13.1 Å². The Morgan fingerprint density at radius 3 is 2.33 bits per heavy atom. The van der Waals surface area contributed by atoms with Gasteiger partial charge in [0.25, 0.3) is 0 Å². The Kier molecular flexibility index (Phi) is 5.86. The van der Waals surface area contributed by atoms with E-state index in [4.69, 9.17) is 5.11 Å². The molecule has 132 valence electrons. The fraction of sp³-hybridized carbons (Fsp3) is 0.579. The molecule has 0 aliphatic carbocycles. The lowest BCUT2D eigenvalue weighted by Gasteiger charge is -2.33. The largest absolute Gasteiger partial charge is 0.465 e. The number of rotatable bonds is 4. The monoisotopic (exact) mass is 332 g/mol. The average Bonchev–Trinajstić information content (AvgIpc) is 2.54. The second-order valence-corrected chi connectivity index (χ2v) is 6.77. The summed E-state index contributed by atoms with van der Waals surface area (Å²) in [5.74, 6) is 0.324. The van der Waals surface area contributed by atoms with Gasteiger partial charge in [0.1, 0.15) is 0 Å². The van der Waals surface area contributed by atoms with Crippen LogP contribution in [-0.4, -0.2) is 35.1 Å². The van der Waals surface area contributed by atoms with Crippen LogP contribution in [0.5, 0.6) is 0 Å². The van der Waals surface area contributed by atoms with Crippen molar-refractivity contribution in [1.82, 2.24) is 10.2 Å². The van der Waals surface area contributed by atoms with Crippen molar-refractivity contribution in [2.24, 2.45) is 0 Å². The second-order valence-electron chi connectivity index (χ2n) is 6.77. The summed E-state index contributed by atoms with van der Waals surface area (Å²) in [4.78, 5) is 24.2. The van der Waals surface area contributed by atoms with Crippen LogP contribution in [0.15, 0.2) is 12.1 Å². The van der Waals surface area contributed by atoms with Crippen LogP contribution in [0, 0.1) is 13.8 Å². The highest BCUT2D eigenvalue weighted by atomic mass is 16.4. The molecule has 24 heavy (non-hydrogen) atoms. The fourth-order valence-corrected chi connectivity index (χ4v) is 3.54. The van der Waals surface area contributed by atoms with Crippen molar-refractivity contribution in [3.05, 3.63) is 34.4 Å². The minimum Gasteiger partial charge on any atom is -0.465 e. The van der Waals surface area contributed by atoms with Gasteiger partial charge in [0, 0.05) is 20.0 Å². The SMILES string of the molecule is CCC(NC(C)=O)c1cc(C)c(C)cc1C1CCN(C(=O)O)CC1. The first kappa shape index (κ1) is 18.3. The van der Waals surface area contributed by atoms with E-state index in [-0.39, 0.29) is 11.9 Å². The van der Waals surface area contributed by atoms with Gasteiger partial charge in [-0.2, -0.15) is 0 Å². The predicted octanol–water partition coefficient (Wildman–Crippen LogP) is 3.75. The van der Waals surface area contributed by atoms with Crippen molar-refractivity contribution in [2.45, 2.75) is 58.9 Å². The van der Waals surface area contributed by atoms with E-state index in [1.807, 2.05) is 0 Å². The van der Waals surface area contributed by atoms with Crippen LogP contribution in [0.1, 0.15) is 67.3 Å². The Morgan fingerprint density at radius 1 is 1.25 bits per heavy atom. The third-order valence-electron chi connectivity index (χ3n) is 5.07. The summed E-state index contributed by atoms with van der Waals surface area (Å²) in [6, 6.07) is 4.43. The van der Waals surface area contributed by atoms with E-state index in [2.05, 4.69) is 38.2 Å². The molecule has 1 fully saturated rings. The summed E-state index contributed by atoms with van der Waals surface area (Å²) in [5, 5.41) is 12.2. The van der Waals surface area contributed by atoms with Gasteiger partial charge in [0.05, 0.1) is 6.04 Å². The van der Waals surface area contributed by atoms with Crippen molar-refractivity contribution >= 4 is 12.0 Å². The van der Waals surface area contributed by atoms with Crippen LogP contribution in [0.3, 0.4) is 0 Å². The zero-order chi connectivity index (χ0) is 17.9. The number of likely N-dealkylation sites (tertiary alicyclic amines) is 1. The lowest BCUT2D eigenvalue weighted by atomic mass is 9.82. The molecule has 1 aliphatic heterocycles. The molecule has 2 rings (SSSR count). The third kappa shape index (κ3) is 4.08. The molecule has 5 heteroatoms. The van der Waals surface area contributed by atoms with Crippen molar-refractivity contribution in [1.29, 1.82) is 0 Å². The molecule has 0 aromatic heterocycles. The maximum Gasteiger partial charge on any atom is 0.407 e. The summed E-state index contributed by atoms with van der Waals surface area (Å²) in [6.45, 7) is 8.97. The zero-order valence-electron chi connectivity index (χ0n) is 15.1. The lowest BCUT2D eigenvalue weighted by Crippen LogP contribution is -2.37. The maximum absolute atomic E-state index is 11.6. The molecule has 1 saturated heterocycles. The highest BCUT2D eigenvalue weighted by Crippen LogP contribution is 2.35. The van der Waals surface area contributed by atoms with E-state index in [0.717, 1.165) is 19.3 Å². The molecule has 0 saturated carbocycles. The summed E-state index contributed by atoms with van der Waals surface area (Å²) in [7, 11) is 0. The second kappa shape index (κ2) is 7.69. The minimum atomic E-state index is -0.835. The molecule has 1 aromatic rings. The standard InChI is InChI=1S/C19H28N2O3/c1-5-18(20-14(4)22)17-11-13(3)12(2)10-16(17)15-6-8-21(9-7-15)19(23)24/h10-11,15,18H,5-9H2,1-4H3,(H,20,22)(H,23,24). The Morgan fingerprint density at radius 2 is 1.83 bits per heavy atom. The molecule has 5 nitrogen and oxygen atoms in total. The van der Waals surface area contributed by atoms with E-state index < -0.39 is 6.09 Å². The number of hydrogen-bond acceptors (Lipinski definition) is 2. The number of aryl methyl sites for hydroxylation is 2. The quantitative estimate of drug-likeness (QED) is 0.882. The molecule has 1 aliphatic rings. The Bertz CT molecular complexity index is 619. The van der Waals surface area contributed by atoms with Crippen LogP contribution < -0.4 is 5.32 Å². The smallest absolute Gasteiger partial charge is 0.407 e. The Labute approximate surface area is 144 Å². The number of amides is 2. The molecule has 1 unspecified atom stereocenters. The van der Waals surface area contributed by atoms with Gasteiger partial charge in [-0.15, -0.1) is 0 Å². The van der Waals surface area contributed by atoms with Crippen molar-refractivity contribution in [3.8, 4) is 0 Å². The van der Waals surface area contributed by atoms with Crippen LogP contribution in [0.4, 0.5) is 4.79 Å². The van der Waals surface area contributed by atoms with Crippen molar-refractivity contribution < 1.29 is 14.7 Å². The number of carbonyl (C=O) groups is 2. The van der Waals surface area contributed by atoms with E-state index in [0.29, 0.717) is 19.0 Å². The number of carboxylic acid groups (broad SMARTS) is 1. The number of nitrogens with one attached hydrogen (secondary N) is 1. The highest BCUT2D eigenvalue weighted by Gasteiger charge is 2.27. The zero-order valence-corrected chi connectivity index (χ0v) is 15.1. The van der Waals surface area contributed by atoms with Crippen LogP contribution in [-0.2, 0) is 4.79 Å². The van der Waals surface area contributed by atoms with Gasteiger partial charge in [0.15, 0.2) is 0 Å². The molecule has 0 spiro atoms. The summed E-state index contributed by atoms with van der Waals surface area (Å²) in [6.07, 6.45) is 1.66. The van der Waals surface area contributed by atoms with Gasteiger partial charge in [0.2, 0.25) is 5.91 Å². The van der Waals surface area contributed by atoms with Crippen LogP contribution >= 0.6 is 0 Å². The average molecular weight is 332 g/mol. The normalized spacial score (nSPS) is 16.8. The maximum atomic E-state index is 11.6. The lowest BCUT2D eigenvalue weighted by molar-refractivity contribution is -0.119. The van der Waals surface area contributed by atoms with Crippen LogP contribution in [0.25, 0.3) is 0 Å². The minimum absolute atomic E-state index is 0.00861. The van der Waals surface area contributed by atoms with E-state index >= 15 is 0 Å². The number of piperidine rings is 1. The predicted molar refractivity (Wildman–Crippen MR) is 94.3 cm³/mol. The van der Waals surface area contributed by atoms with Crippen LogP contribution in [0.2, 0.25) is 0 Å². The van der Waals surface area contributed by atoms with Gasteiger partial charge >= 0.3 is 6.09 Å². The van der Waals surface area contributed by atoms with Crippen molar-refractivity contribution in [3.63, 3.8) is 0 Å². The highest BCUT2D eigenvalue weighted by molar-refractivity contribution is 5.73. The topological polar surface area (TPSA) is 69.6 Å². The Balaban J connectivity index is 2.33. The first-order chi connectivity index (χ1) is 11.3. The Hall–Kier alpha value is -2.04. The molecule has 1 atom stereocenters. The summed E-state index contributed by atoms with van der Waals surface area (Å²) < 4.78 is 0. The first-order valence-electron chi connectivity index (χ1n) is 8.69. The molecule has 1 heterocycles. The number of hydrogen-bond donors (Lipinski definition) is 2. The summed E-state index contributed by atoms with van der Waals surface area (Å²) in [5.41, 5.74) is 4.92. The van der Waals surface area contributed by atoms with Gasteiger partial charge in [-0.1, -0.05) is 19.1 Å². The molecular formula is C19H28N2O3. The first-order valence-corrected chi connectivity index (χ1v) is 8.69. The van der Waals surface area contributed by atoms with Gasteiger partial charge in [-0.3, -0.25) is 4.79 Å². The van der Waals surface area contributed by atoms with E-state index in [1.165, 1.54) is 27.2 Å². The third-order valence-corrected chi connectivity index (χ3v) is 5.07.